The van der Waals surface area contributed by atoms with Crippen molar-refractivity contribution in [2.24, 2.45) is 0 Å². The lowest BCUT2D eigenvalue weighted by Crippen LogP contribution is -2.09. The molecule has 0 radical (unpaired) electrons. The van der Waals surface area contributed by atoms with Gasteiger partial charge in [-0.05, 0) is 249 Å². The number of nitrogens with zero attached hydrogens (tertiary/aromatic N) is 10. The van der Waals surface area contributed by atoms with E-state index in [4.69, 9.17) is 0 Å². The Morgan fingerprint density at radius 3 is 0.381 bits per heavy atom. The quantitative estimate of drug-likeness (QED) is 0.0534. The molecule has 118 heavy (non-hydrogen) atoms. The molecule has 10 nitrogen and oxygen atoms in total. The molecular formula is C108H72N10. The van der Waals surface area contributed by atoms with Crippen molar-refractivity contribution in [3.05, 3.63) is 464 Å². The molecule has 0 unspecified atom stereocenters. The first-order valence-electron chi connectivity index (χ1n) is 38.3. The monoisotopic (exact) mass is 1510 g/mol. The van der Waals surface area contributed by atoms with Crippen molar-refractivity contribution in [1.29, 1.82) is 31.6 Å². The maximum atomic E-state index is 10.5. The molecule has 554 valence electrons. The predicted octanol–water partition coefficient (Wildman–Crippen LogP) is 27.8. The van der Waals surface area contributed by atoms with Crippen LogP contribution in [0, 0.1) is 68.0 Å². The molecule has 0 fully saturated rings. The Kier molecular flexibility index (Phi) is 23.8. The van der Waals surface area contributed by atoms with Gasteiger partial charge in [-0.25, -0.2) is 0 Å². The summed E-state index contributed by atoms with van der Waals surface area (Å²) in [6.45, 7) is 0. The lowest BCUT2D eigenvalue weighted by atomic mass is 9.97. The van der Waals surface area contributed by atoms with Gasteiger partial charge in [0.25, 0.3) is 0 Å². The third-order valence-corrected chi connectivity index (χ3v) is 20.1. The van der Waals surface area contributed by atoms with Gasteiger partial charge >= 0.3 is 0 Å². The summed E-state index contributed by atoms with van der Waals surface area (Å²) < 4.78 is 0. The van der Waals surface area contributed by atoms with Gasteiger partial charge in [0.05, 0.1) is 69.8 Å². The first-order chi connectivity index (χ1) is 58.2. The fourth-order valence-corrected chi connectivity index (χ4v) is 14.1. The Bertz CT molecular complexity index is 5780. The van der Waals surface area contributed by atoms with Crippen LogP contribution in [0.3, 0.4) is 0 Å². The number of rotatable bonds is 24. The molecule has 0 bridgehead atoms. The van der Waals surface area contributed by atoms with Gasteiger partial charge in [-0.2, -0.15) is 31.6 Å². The van der Waals surface area contributed by atoms with Gasteiger partial charge in [-0.15, -0.1) is 0 Å². The highest BCUT2D eigenvalue weighted by Gasteiger charge is 2.19. The average molecular weight is 1510 g/mol. The maximum Gasteiger partial charge on any atom is 0.0998 e. The van der Waals surface area contributed by atoms with Crippen molar-refractivity contribution in [3.63, 3.8) is 0 Å². The Labute approximate surface area is 688 Å². The van der Waals surface area contributed by atoms with Gasteiger partial charge in [0.15, 0.2) is 0 Å². The highest BCUT2D eigenvalue weighted by molar-refractivity contribution is 5.88. The van der Waals surface area contributed by atoms with E-state index >= 15 is 0 Å². The molecule has 0 aliphatic carbocycles. The van der Waals surface area contributed by atoms with Crippen LogP contribution >= 0.6 is 0 Å². The van der Waals surface area contributed by atoms with Gasteiger partial charge in [-0.3, -0.25) is 0 Å². The third kappa shape index (κ3) is 18.1. The molecule has 15 rings (SSSR count). The minimum atomic E-state index is 0.423. The minimum Gasteiger partial charge on any atom is -0.311 e. The van der Waals surface area contributed by atoms with Crippen molar-refractivity contribution < 1.29 is 0 Å². The molecule has 0 aromatic heterocycles. The highest BCUT2D eigenvalue weighted by atomic mass is 15.2. The molecular weight excluding hydrogens is 1440 g/mol. The second kappa shape index (κ2) is 36.8. The second-order valence-electron chi connectivity index (χ2n) is 27.7. The molecule has 0 spiro atoms. The van der Waals surface area contributed by atoms with Crippen LogP contribution in [-0.2, 0) is 0 Å². The minimum absolute atomic E-state index is 0.423. The zero-order chi connectivity index (χ0) is 80.8. The fraction of sp³-hybridized carbons (Fsp3) is 0. The van der Waals surface area contributed by atoms with Crippen LogP contribution in [0.25, 0.3) is 72.9 Å². The van der Waals surface area contributed by atoms with E-state index < -0.39 is 0 Å². The first-order valence-corrected chi connectivity index (χ1v) is 38.3. The van der Waals surface area contributed by atoms with Crippen LogP contribution in [0.15, 0.2) is 364 Å². The molecule has 0 atom stereocenters. The maximum absolute atomic E-state index is 10.5. The lowest BCUT2D eigenvalue weighted by Gasteiger charge is -2.26. The number of benzene rings is 15. The molecule has 0 aliphatic rings. The van der Waals surface area contributed by atoms with Crippen LogP contribution in [0.5, 0.6) is 0 Å². The van der Waals surface area contributed by atoms with Crippen LogP contribution in [-0.4, -0.2) is 0 Å². The third-order valence-electron chi connectivity index (χ3n) is 20.1. The number of anilines is 12. The normalized spacial score (nSPS) is 11.1. The summed E-state index contributed by atoms with van der Waals surface area (Å²) in [6.07, 6.45) is 22.9. The van der Waals surface area contributed by atoms with Gasteiger partial charge in [0.2, 0.25) is 0 Å². The molecule has 0 aliphatic heterocycles. The van der Waals surface area contributed by atoms with Crippen LogP contribution in [0.1, 0.15) is 100 Å². The van der Waals surface area contributed by atoms with Crippen molar-refractivity contribution in [3.8, 4) is 36.4 Å². The SMILES string of the molecule is N#Cc1cc(/C=C/c2ccc(N(c3ccc(/C=C/c4cc(C#N)c(/C=C/c5ccc(N(c6ccccc6)c6ccccc6)cc5)cc4C#N)cc3)c3ccc(/C=C/c4cc(C#N)c(/C=C/c5ccc(N(c6ccccc6)c6ccccc6)cc5)cc4C#N)cc3)cc2)c(C#N)cc1/C=C/c1ccc(N(c2ccccc2)c2ccccc2)cc1. The van der Waals surface area contributed by atoms with Gasteiger partial charge in [0.1, 0.15) is 0 Å². The summed E-state index contributed by atoms with van der Waals surface area (Å²) in [5.74, 6) is 0. The predicted molar refractivity (Wildman–Crippen MR) is 486 cm³/mol. The first kappa shape index (κ1) is 76.3. The zero-order valence-corrected chi connectivity index (χ0v) is 64.0. The smallest absolute Gasteiger partial charge is 0.0998 e. The molecule has 0 N–H and O–H groups in total. The van der Waals surface area contributed by atoms with Crippen LogP contribution < -0.4 is 19.6 Å². The van der Waals surface area contributed by atoms with Crippen LogP contribution in [0.2, 0.25) is 0 Å². The molecule has 10 heteroatoms. The summed E-state index contributed by atoms with van der Waals surface area (Å²) in [6, 6.07) is 135. The van der Waals surface area contributed by atoms with E-state index in [0.29, 0.717) is 66.8 Å². The molecule has 0 amide bonds. The van der Waals surface area contributed by atoms with E-state index in [-0.39, 0.29) is 0 Å². The largest absolute Gasteiger partial charge is 0.311 e. The van der Waals surface area contributed by atoms with E-state index in [1.807, 2.05) is 291 Å². The Hall–Kier alpha value is -17.1. The van der Waals surface area contributed by atoms with Crippen molar-refractivity contribution in [2.45, 2.75) is 0 Å². The van der Waals surface area contributed by atoms with Crippen molar-refractivity contribution in [1.82, 2.24) is 0 Å². The van der Waals surface area contributed by atoms with E-state index in [1.165, 1.54) is 0 Å². The summed E-state index contributed by atoms with van der Waals surface area (Å²) in [4.78, 5) is 8.74. The summed E-state index contributed by atoms with van der Waals surface area (Å²) in [5, 5.41) is 63.0. The molecule has 0 saturated carbocycles. The Morgan fingerprint density at radius 1 is 0.144 bits per heavy atom. The molecule has 15 aromatic rings. The van der Waals surface area contributed by atoms with Crippen LogP contribution in [0.4, 0.5) is 68.2 Å². The molecule has 0 heterocycles. The van der Waals surface area contributed by atoms with E-state index in [1.54, 1.807) is 36.4 Å². The summed E-state index contributed by atoms with van der Waals surface area (Å²) in [7, 11) is 0. The zero-order valence-electron chi connectivity index (χ0n) is 64.0. The second-order valence-corrected chi connectivity index (χ2v) is 27.7. The average Bonchev–Trinajstić information content (AvgIpc) is 0.802. The van der Waals surface area contributed by atoms with Crippen molar-refractivity contribution in [2.75, 3.05) is 19.6 Å². The van der Waals surface area contributed by atoms with Gasteiger partial charge in [0, 0.05) is 68.2 Å². The Morgan fingerprint density at radius 2 is 0.263 bits per heavy atom. The lowest BCUT2D eigenvalue weighted by molar-refractivity contribution is 1.28. The fourth-order valence-electron chi connectivity index (χ4n) is 14.1. The summed E-state index contributed by atoms with van der Waals surface area (Å²) in [5.41, 5.74) is 23.4. The Balaban J connectivity index is 0.677. The van der Waals surface area contributed by atoms with E-state index in [2.05, 4.69) is 165 Å². The van der Waals surface area contributed by atoms with Crippen molar-refractivity contribution >= 4 is 141 Å². The highest BCUT2D eigenvalue weighted by Crippen LogP contribution is 2.40. The molecule has 0 saturated heterocycles. The number of hydrogen-bond donors (Lipinski definition) is 0. The van der Waals surface area contributed by atoms with E-state index in [9.17, 15) is 31.6 Å². The number of nitriles is 6. The van der Waals surface area contributed by atoms with Gasteiger partial charge in [-0.1, -0.05) is 255 Å². The van der Waals surface area contributed by atoms with Gasteiger partial charge < -0.3 is 19.6 Å². The molecule has 15 aromatic carbocycles. The summed E-state index contributed by atoms with van der Waals surface area (Å²) >= 11 is 0. The topological polar surface area (TPSA) is 156 Å². The standard InChI is InChI=1S/C108H72N10/c109-73-91-70-88(94(76-112)67-85(91)49-31-79-37-55-103(56-38-79)115(97-19-7-1-8-20-97)98-21-9-2-10-22-98)52-34-82-43-61-106(62-44-82)118(107-63-45-83(46-64-107)35-53-89-71-92(74-110)86(68-95(89)77-113)50-32-80-39-57-104(58-40-80)116(99-23-11-3-12-24-99)100-25-13-4-14-26-100)108-65-47-84(48-66-108)36-54-90-72-93(75-111)87(69-96(90)78-114)51-33-81-41-59-105(60-42-81)117(101-27-15-5-16-28-101)102-29-17-6-18-30-102/h1-72H/b49-31+,50-32+,51-33+,52-34+,53-35+,54-36+. The number of para-hydroxylation sites is 6. The number of hydrogen-bond acceptors (Lipinski definition) is 10. The van der Waals surface area contributed by atoms with E-state index in [0.717, 1.165) is 102 Å².